The molecule has 5 rings (SSSR count). The molecule has 0 amide bonds. The molecule has 0 unspecified atom stereocenters. The summed E-state index contributed by atoms with van der Waals surface area (Å²) in [5.41, 5.74) is 6.19. The van der Waals surface area contributed by atoms with E-state index in [9.17, 15) is 4.79 Å². The van der Waals surface area contributed by atoms with Gasteiger partial charge >= 0.3 is 0 Å². The van der Waals surface area contributed by atoms with E-state index in [0.29, 0.717) is 29.9 Å². The van der Waals surface area contributed by atoms with Crippen LogP contribution in [0.2, 0.25) is 0 Å². The lowest BCUT2D eigenvalue weighted by molar-refractivity contribution is 0.335. The number of nitrogens with zero attached hydrogens (tertiary/aromatic N) is 4. The van der Waals surface area contributed by atoms with Gasteiger partial charge < -0.3 is 9.30 Å². The van der Waals surface area contributed by atoms with Gasteiger partial charge in [-0.15, -0.1) is 6.42 Å². The summed E-state index contributed by atoms with van der Waals surface area (Å²) in [6.45, 7) is 11.3. The maximum absolute atomic E-state index is 13.9. The molecule has 196 valence electrons. The predicted octanol–water partition coefficient (Wildman–Crippen LogP) is 6.67. The molecule has 0 bridgehead atoms. The number of rotatable bonds is 7. The highest BCUT2D eigenvalue weighted by Crippen LogP contribution is 2.34. The van der Waals surface area contributed by atoms with Crippen molar-refractivity contribution in [2.45, 2.75) is 47.1 Å². The molecule has 5 aromatic rings. The molecule has 6 heteroatoms. The molecule has 2 heterocycles. The number of hydrogen-bond donors (Lipinski definition) is 0. The van der Waals surface area contributed by atoms with Crippen molar-refractivity contribution in [1.29, 1.82) is 0 Å². The molecule has 0 aliphatic rings. The smallest absolute Gasteiger partial charge is 0.282 e. The van der Waals surface area contributed by atoms with Crippen molar-refractivity contribution >= 4 is 28.0 Å². The van der Waals surface area contributed by atoms with Crippen molar-refractivity contribution in [2.75, 3.05) is 6.61 Å². The predicted molar refractivity (Wildman–Crippen MR) is 160 cm³/mol. The second-order valence-electron chi connectivity index (χ2n) is 9.91. The molecular formula is C33H32N4O2. The Morgan fingerprint density at radius 3 is 2.51 bits per heavy atom. The Kier molecular flexibility index (Phi) is 7.08. The molecule has 0 saturated carbocycles. The van der Waals surface area contributed by atoms with Crippen LogP contribution in [0.15, 0.2) is 70.6 Å². The summed E-state index contributed by atoms with van der Waals surface area (Å²) in [5, 5.41) is 6.32. The number of fused-ring (bicyclic) bond motifs is 2. The number of para-hydroxylation sites is 2. The fraction of sp³-hybridized carbons (Fsp3) is 0.242. The van der Waals surface area contributed by atoms with Gasteiger partial charge in [0.25, 0.3) is 5.56 Å². The molecule has 0 aliphatic heterocycles. The lowest BCUT2D eigenvalue weighted by Gasteiger charge is -2.18. The minimum absolute atomic E-state index is 0.222. The van der Waals surface area contributed by atoms with Crippen molar-refractivity contribution in [3.8, 4) is 29.5 Å². The molecule has 0 saturated heterocycles. The van der Waals surface area contributed by atoms with Crippen LogP contribution < -0.4 is 10.3 Å². The van der Waals surface area contributed by atoms with Gasteiger partial charge in [-0.1, -0.05) is 50.1 Å². The Bertz CT molecular complexity index is 1830. The molecule has 6 nitrogen and oxygen atoms in total. The average molecular weight is 517 g/mol. The molecule has 0 atom stereocenters. The van der Waals surface area contributed by atoms with Crippen molar-refractivity contribution in [1.82, 2.24) is 14.2 Å². The number of hydrogen-bond acceptors (Lipinski definition) is 4. The van der Waals surface area contributed by atoms with E-state index < -0.39 is 0 Å². The van der Waals surface area contributed by atoms with E-state index in [-0.39, 0.29) is 11.5 Å². The standard InChI is InChI=1S/C33H32N4O2/c1-7-17-36-23(6)28(24-13-10-12-16-30(24)36)20-34-37-32(35-29-15-11-9-14-25(29)33(37)38)27-19-26(21(3)4)31(39-8-2)18-22(27)5/h1,9-16,18-21H,8,17H2,2-6H3. The number of ether oxygens (including phenoxy) is 1. The summed E-state index contributed by atoms with van der Waals surface area (Å²) in [6, 6.07) is 19.6. The third kappa shape index (κ3) is 4.61. The molecule has 0 fully saturated rings. The molecule has 0 N–H and O–H groups in total. The number of aromatic nitrogens is 3. The zero-order valence-electron chi connectivity index (χ0n) is 23.0. The van der Waals surface area contributed by atoms with Crippen LogP contribution >= 0.6 is 0 Å². The van der Waals surface area contributed by atoms with Crippen LogP contribution in [0.3, 0.4) is 0 Å². The molecule has 0 spiro atoms. The maximum atomic E-state index is 13.9. The van der Waals surface area contributed by atoms with E-state index in [1.807, 2.05) is 69.3 Å². The molecule has 3 aromatic carbocycles. The van der Waals surface area contributed by atoms with Gasteiger partial charge in [-0.25, -0.2) is 4.98 Å². The molecular weight excluding hydrogens is 484 g/mol. The van der Waals surface area contributed by atoms with Crippen LogP contribution in [0.4, 0.5) is 0 Å². The number of aryl methyl sites for hydroxylation is 1. The van der Waals surface area contributed by atoms with Crippen LogP contribution in [-0.2, 0) is 6.54 Å². The van der Waals surface area contributed by atoms with Gasteiger partial charge in [0.15, 0.2) is 5.82 Å². The molecule has 39 heavy (non-hydrogen) atoms. The highest BCUT2D eigenvalue weighted by Gasteiger charge is 2.19. The van der Waals surface area contributed by atoms with Crippen molar-refractivity contribution in [2.24, 2.45) is 5.10 Å². The van der Waals surface area contributed by atoms with Gasteiger partial charge in [-0.2, -0.15) is 9.78 Å². The lowest BCUT2D eigenvalue weighted by Crippen LogP contribution is -2.21. The molecule has 0 aliphatic carbocycles. The monoisotopic (exact) mass is 516 g/mol. The maximum Gasteiger partial charge on any atom is 0.282 e. The average Bonchev–Trinajstić information content (AvgIpc) is 3.19. The van der Waals surface area contributed by atoms with Crippen molar-refractivity contribution in [3.63, 3.8) is 0 Å². The highest BCUT2D eigenvalue weighted by molar-refractivity contribution is 6.01. The van der Waals surface area contributed by atoms with Gasteiger partial charge in [-0.05, 0) is 68.1 Å². The fourth-order valence-electron chi connectivity index (χ4n) is 5.11. The van der Waals surface area contributed by atoms with Crippen LogP contribution in [-0.4, -0.2) is 27.0 Å². The first-order valence-electron chi connectivity index (χ1n) is 13.2. The normalized spacial score (nSPS) is 11.6. The number of terminal acetylenes is 1. The first-order valence-corrected chi connectivity index (χ1v) is 13.2. The second-order valence-corrected chi connectivity index (χ2v) is 9.91. The Balaban J connectivity index is 1.77. The topological polar surface area (TPSA) is 61.4 Å². The highest BCUT2D eigenvalue weighted by atomic mass is 16.5. The van der Waals surface area contributed by atoms with E-state index in [2.05, 4.69) is 30.4 Å². The summed E-state index contributed by atoms with van der Waals surface area (Å²) < 4.78 is 9.45. The van der Waals surface area contributed by atoms with E-state index in [1.54, 1.807) is 12.3 Å². The van der Waals surface area contributed by atoms with Gasteiger partial charge in [0.2, 0.25) is 0 Å². The Hall–Kier alpha value is -4.63. The van der Waals surface area contributed by atoms with Gasteiger partial charge in [0.05, 0.1) is 30.3 Å². The summed E-state index contributed by atoms with van der Waals surface area (Å²) in [4.78, 5) is 18.8. The minimum Gasteiger partial charge on any atom is -0.494 e. The molecule has 0 radical (unpaired) electrons. The van der Waals surface area contributed by atoms with Crippen molar-refractivity contribution < 1.29 is 4.74 Å². The third-order valence-corrected chi connectivity index (χ3v) is 7.10. The third-order valence-electron chi connectivity index (χ3n) is 7.10. The summed E-state index contributed by atoms with van der Waals surface area (Å²) in [6.07, 6.45) is 7.41. The summed E-state index contributed by atoms with van der Waals surface area (Å²) >= 11 is 0. The fourth-order valence-corrected chi connectivity index (χ4v) is 5.11. The largest absolute Gasteiger partial charge is 0.494 e. The van der Waals surface area contributed by atoms with Crippen LogP contribution in [0.5, 0.6) is 5.75 Å². The first-order chi connectivity index (χ1) is 18.8. The molecule has 2 aromatic heterocycles. The summed E-state index contributed by atoms with van der Waals surface area (Å²) in [5.74, 6) is 4.30. The van der Waals surface area contributed by atoms with Gasteiger partial charge in [0.1, 0.15) is 5.75 Å². The van der Waals surface area contributed by atoms with Crippen LogP contribution in [0, 0.1) is 26.2 Å². The van der Waals surface area contributed by atoms with E-state index in [0.717, 1.165) is 44.6 Å². The first kappa shape index (κ1) is 26.0. The second kappa shape index (κ2) is 10.6. The summed E-state index contributed by atoms with van der Waals surface area (Å²) in [7, 11) is 0. The Labute approximate surface area is 228 Å². The minimum atomic E-state index is -0.226. The Morgan fingerprint density at radius 2 is 1.79 bits per heavy atom. The number of benzene rings is 3. The van der Waals surface area contributed by atoms with Gasteiger partial charge in [0, 0.05) is 27.7 Å². The van der Waals surface area contributed by atoms with Crippen LogP contribution in [0.25, 0.3) is 33.2 Å². The van der Waals surface area contributed by atoms with Crippen LogP contribution in [0.1, 0.15) is 49.1 Å². The lowest BCUT2D eigenvalue weighted by atomic mass is 9.96. The SMILES string of the molecule is C#CCn1c(C)c(C=Nn2c(-c3cc(C(C)C)c(OCC)cc3C)nc3ccccc3c2=O)c2ccccc21. The van der Waals surface area contributed by atoms with E-state index in [1.165, 1.54) is 4.68 Å². The zero-order chi connectivity index (χ0) is 27.7. The quantitative estimate of drug-likeness (QED) is 0.179. The Morgan fingerprint density at radius 1 is 1.08 bits per heavy atom. The zero-order valence-corrected chi connectivity index (χ0v) is 23.0. The van der Waals surface area contributed by atoms with E-state index >= 15 is 0 Å². The van der Waals surface area contributed by atoms with E-state index in [4.69, 9.17) is 21.2 Å². The van der Waals surface area contributed by atoms with Crippen molar-refractivity contribution in [3.05, 3.63) is 93.4 Å². The van der Waals surface area contributed by atoms with Gasteiger partial charge in [-0.3, -0.25) is 4.79 Å².